The minimum Gasteiger partial charge on any atom is -0.339 e. The van der Waals surface area contributed by atoms with E-state index in [0.29, 0.717) is 45.2 Å². The van der Waals surface area contributed by atoms with E-state index in [9.17, 15) is 9.59 Å². The van der Waals surface area contributed by atoms with E-state index >= 15 is 0 Å². The van der Waals surface area contributed by atoms with Gasteiger partial charge in [-0.05, 0) is 25.9 Å². The molecule has 0 aliphatic carbocycles. The molecule has 3 fully saturated rings. The fraction of sp³-hybridized carbons (Fsp3) is 0.875. The van der Waals surface area contributed by atoms with Gasteiger partial charge in [0.1, 0.15) is 0 Å². The normalized spacial score (nSPS) is 24.4. The molecule has 3 aliphatic heterocycles. The molecular formula is C16H30Cl2N4O2S. The Kier molecular flexibility index (Phi) is 10.5. The number of piperazine rings is 1. The second-order valence-electron chi connectivity index (χ2n) is 6.67. The zero-order valence-corrected chi connectivity index (χ0v) is 17.1. The van der Waals surface area contributed by atoms with Gasteiger partial charge in [-0.15, -0.1) is 24.8 Å². The van der Waals surface area contributed by atoms with Crippen LogP contribution in [0.2, 0.25) is 0 Å². The average Bonchev–Trinajstić information content (AvgIpc) is 3.09. The predicted molar refractivity (Wildman–Crippen MR) is 107 cm³/mol. The monoisotopic (exact) mass is 412 g/mol. The highest BCUT2D eigenvalue weighted by Crippen LogP contribution is 2.13. The second-order valence-corrected chi connectivity index (χ2v) is 7.82. The molecule has 0 radical (unpaired) electrons. The van der Waals surface area contributed by atoms with E-state index in [1.54, 1.807) is 0 Å². The number of amides is 2. The van der Waals surface area contributed by atoms with Crippen molar-refractivity contribution in [2.24, 2.45) is 0 Å². The van der Waals surface area contributed by atoms with Crippen molar-refractivity contribution in [3.63, 3.8) is 0 Å². The van der Waals surface area contributed by atoms with E-state index in [2.05, 4.69) is 10.2 Å². The lowest BCUT2D eigenvalue weighted by atomic mass is 10.2. The molecule has 3 rings (SSSR count). The smallest absolute Gasteiger partial charge is 0.236 e. The molecule has 0 bridgehead atoms. The highest BCUT2D eigenvalue weighted by atomic mass is 35.5. The van der Waals surface area contributed by atoms with Gasteiger partial charge in [0, 0.05) is 56.7 Å². The molecule has 1 unspecified atom stereocenters. The van der Waals surface area contributed by atoms with Gasteiger partial charge in [-0.25, -0.2) is 0 Å². The van der Waals surface area contributed by atoms with E-state index in [-0.39, 0.29) is 36.6 Å². The highest BCUT2D eigenvalue weighted by molar-refractivity contribution is 7.99. The summed E-state index contributed by atoms with van der Waals surface area (Å²) in [6, 6.07) is 0.316. The van der Waals surface area contributed by atoms with Crippen LogP contribution in [0.15, 0.2) is 0 Å². The molecule has 25 heavy (non-hydrogen) atoms. The Labute approximate surface area is 167 Å². The molecule has 0 saturated carbocycles. The van der Waals surface area contributed by atoms with Crippen LogP contribution in [0.5, 0.6) is 0 Å². The number of hydrogen-bond donors (Lipinski definition) is 1. The summed E-state index contributed by atoms with van der Waals surface area (Å²) in [7, 11) is 0. The van der Waals surface area contributed by atoms with Crippen LogP contribution in [0, 0.1) is 0 Å². The van der Waals surface area contributed by atoms with Gasteiger partial charge < -0.3 is 15.1 Å². The van der Waals surface area contributed by atoms with Gasteiger partial charge in [0.2, 0.25) is 11.8 Å². The van der Waals surface area contributed by atoms with Gasteiger partial charge in [0.25, 0.3) is 0 Å². The van der Waals surface area contributed by atoms with Gasteiger partial charge in [-0.2, -0.15) is 11.8 Å². The fourth-order valence-corrected chi connectivity index (χ4v) is 4.48. The van der Waals surface area contributed by atoms with Crippen LogP contribution in [-0.2, 0) is 9.59 Å². The minimum absolute atomic E-state index is 0. The van der Waals surface area contributed by atoms with E-state index < -0.39 is 0 Å². The van der Waals surface area contributed by atoms with Gasteiger partial charge in [0.15, 0.2) is 0 Å². The SMILES string of the molecule is Cl.Cl.O=C(CC1CSCCN1)N1CCN(C(=O)CN2CCCC2)CC1. The molecule has 1 atom stereocenters. The summed E-state index contributed by atoms with van der Waals surface area (Å²) in [4.78, 5) is 30.8. The van der Waals surface area contributed by atoms with Crippen LogP contribution in [0.25, 0.3) is 0 Å². The Morgan fingerprint density at radius 3 is 2.08 bits per heavy atom. The van der Waals surface area contributed by atoms with Crippen molar-refractivity contribution in [2.45, 2.75) is 25.3 Å². The van der Waals surface area contributed by atoms with E-state index in [1.165, 1.54) is 12.8 Å². The van der Waals surface area contributed by atoms with Crippen molar-refractivity contribution in [3.8, 4) is 0 Å². The van der Waals surface area contributed by atoms with Crippen LogP contribution in [0.1, 0.15) is 19.3 Å². The first kappa shape index (κ1) is 22.8. The average molecular weight is 413 g/mol. The molecule has 3 aliphatic rings. The lowest BCUT2D eigenvalue weighted by Crippen LogP contribution is -2.53. The molecule has 2 amide bonds. The van der Waals surface area contributed by atoms with Crippen LogP contribution in [0.4, 0.5) is 0 Å². The van der Waals surface area contributed by atoms with Gasteiger partial charge in [-0.3, -0.25) is 14.5 Å². The number of hydrogen-bond acceptors (Lipinski definition) is 5. The summed E-state index contributed by atoms with van der Waals surface area (Å²) in [5.41, 5.74) is 0. The number of thioether (sulfide) groups is 1. The first-order chi connectivity index (χ1) is 11.2. The third-order valence-corrected chi connectivity index (χ3v) is 6.09. The number of carbonyl (C=O) groups excluding carboxylic acids is 2. The predicted octanol–water partition coefficient (Wildman–Crippen LogP) is 0.692. The lowest BCUT2D eigenvalue weighted by Gasteiger charge is -2.36. The van der Waals surface area contributed by atoms with Gasteiger partial charge >= 0.3 is 0 Å². The number of halogens is 2. The van der Waals surface area contributed by atoms with Crippen molar-refractivity contribution >= 4 is 48.4 Å². The molecule has 3 saturated heterocycles. The minimum atomic E-state index is 0. The van der Waals surface area contributed by atoms with Gasteiger partial charge in [-0.1, -0.05) is 0 Å². The van der Waals surface area contributed by atoms with Crippen LogP contribution < -0.4 is 5.32 Å². The molecule has 1 N–H and O–H groups in total. The van der Waals surface area contributed by atoms with E-state index in [4.69, 9.17) is 0 Å². The molecular weight excluding hydrogens is 383 g/mol. The van der Waals surface area contributed by atoms with Crippen molar-refractivity contribution in [3.05, 3.63) is 0 Å². The Morgan fingerprint density at radius 2 is 1.52 bits per heavy atom. The maximum absolute atomic E-state index is 12.4. The zero-order valence-electron chi connectivity index (χ0n) is 14.7. The summed E-state index contributed by atoms with van der Waals surface area (Å²) >= 11 is 1.92. The Morgan fingerprint density at radius 1 is 0.920 bits per heavy atom. The van der Waals surface area contributed by atoms with Crippen LogP contribution in [-0.4, -0.2) is 96.4 Å². The maximum atomic E-state index is 12.4. The molecule has 9 heteroatoms. The standard InChI is InChI=1S/C16H28N4O2S.2ClH/c21-15(11-14-13-23-10-3-17-14)19-6-8-20(9-7-19)16(22)12-18-4-1-2-5-18;;/h14,17H,1-13H2;2*1H. The molecule has 0 spiro atoms. The number of carbonyl (C=O) groups is 2. The summed E-state index contributed by atoms with van der Waals surface area (Å²) in [5, 5.41) is 3.42. The molecule has 0 aromatic carbocycles. The topological polar surface area (TPSA) is 55.9 Å². The van der Waals surface area contributed by atoms with Crippen molar-refractivity contribution < 1.29 is 9.59 Å². The summed E-state index contributed by atoms with van der Waals surface area (Å²) < 4.78 is 0. The first-order valence-electron chi connectivity index (χ1n) is 8.81. The summed E-state index contributed by atoms with van der Waals surface area (Å²) in [6.07, 6.45) is 3.01. The molecule has 3 heterocycles. The molecule has 0 aromatic heterocycles. The number of rotatable bonds is 4. The van der Waals surface area contributed by atoms with Crippen LogP contribution in [0.3, 0.4) is 0 Å². The zero-order chi connectivity index (χ0) is 16.1. The van der Waals surface area contributed by atoms with Gasteiger partial charge in [0.05, 0.1) is 6.54 Å². The second kappa shape index (κ2) is 11.5. The largest absolute Gasteiger partial charge is 0.339 e. The Hall–Kier alpha value is -0.210. The number of likely N-dealkylation sites (tertiary alicyclic amines) is 1. The summed E-state index contributed by atoms with van der Waals surface area (Å²) in [5.74, 6) is 2.63. The van der Waals surface area contributed by atoms with E-state index in [0.717, 1.165) is 31.1 Å². The maximum Gasteiger partial charge on any atom is 0.236 e. The third-order valence-electron chi connectivity index (χ3n) is 4.96. The third kappa shape index (κ3) is 6.79. The van der Waals surface area contributed by atoms with E-state index in [1.807, 2.05) is 21.6 Å². The Balaban J connectivity index is 0.00000156. The van der Waals surface area contributed by atoms with Crippen molar-refractivity contribution in [2.75, 3.05) is 63.9 Å². The molecule has 0 aromatic rings. The van der Waals surface area contributed by atoms with Crippen LogP contribution >= 0.6 is 36.6 Å². The van der Waals surface area contributed by atoms with Crippen molar-refractivity contribution in [1.29, 1.82) is 0 Å². The molecule has 6 nitrogen and oxygen atoms in total. The fourth-order valence-electron chi connectivity index (χ4n) is 3.53. The summed E-state index contributed by atoms with van der Waals surface area (Å²) in [6.45, 7) is 6.40. The quantitative estimate of drug-likeness (QED) is 0.735. The first-order valence-corrected chi connectivity index (χ1v) is 9.97. The lowest BCUT2D eigenvalue weighted by molar-refractivity contribution is -0.140. The number of nitrogens with zero attached hydrogens (tertiary/aromatic N) is 3. The number of nitrogens with one attached hydrogen (secondary N) is 1. The van der Waals surface area contributed by atoms with Crippen molar-refractivity contribution in [1.82, 2.24) is 20.0 Å². The highest BCUT2D eigenvalue weighted by Gasteiger charge is 2.27. The molecule has 146 valence electrons. The Bertz CT molecular complexity index is 424.